The monoisotopic (exact) mass is 285 g/mol. The maximum Gasteiger partial charge on any atom is 0.224 e. The number of rotatable bonds is 2. The Bertz CT molecular complexity index is 548. The fourth-order valence-electron chi connectivity index (χ4n) is 4.44. The van der Waals surface area contributed by atoms with E-state index in [1.54, 1.807) is 0 Å². The Hall–Kier alpha value is -1.35. The molecular formula is C18H23NO2. The molecule has 112 valence electrons. The third kappa shape index (κ3) is 2.38. The lowest BCUT2D eigenvalue weighted by molar-refractivity contribution is -0.123. The van der Waals surface area contributed by atoms with E-state index in [-0.39, 0.29) is 24.0 Å². The molecular weight excluding hydrogens is 262 g/mol. The minimum Gasteiger partial charge on any atom is -0.393 e. The van der Waals surface area contributed by atoms with Crippen LogP contribution in [0, 0.1) is 11.8 Å². The van der Waals surface area contributed by atoms with Crippen molar-refractivity contribution in [3.05, 3.63) is 35.4 Å². The molecule has 1 amide bonds. The molecule has 3 unspecified atom stereocenters. The Balaban J connectivity index is 1.41. The number of fused-ring (bicyclic) bond motifs is 3. The van der Waals surface area contributed by atoms with Gasteiger partial charge in [-0.3, -0.25) is 4.79 Å². The summed E-state index contributed by atoms with van der Waals surface area (Å²) in [4.78, 5) is 12.6. The molecule has 0 aliphatic heterocycles. The highest BCUT2D eigenvalue weighted by molar-refractivity contribution is 5.84. The normalized spacial score (nSPS) is 37.3. The SMILES string of the molecule is O=C(NC1CCC(O)CC1)C1C2CCc3ccccc3C21. The van der Waals surface area contributed by atoms with Crippen molar-refractivity contribution in [1.29, 1.82) is 0 Å². The predicted molar refractivity (Wildman–Crippen MR) is 80.9 cm³/mol. The first kappa shape index (κ1) is 13.3. The quantitative estimate of drug-likeness (QED) is 0.876. The largest absolute Gasteiger partial charge is 0.393 e. The van der Waals surface area contributed by atoms with E-state index in [0.717, 1.165) is 38.5 Å². The number of nitrogens with one attached hydrogen (secondary N) is 1. The van der Waals surface area contributed by atoms with Crippen LogP contribution in [0.4, 0.5) is 0 Å². The van der Waals surface area contributed by atoms with Gasteiger partial charge in [0.25, 0.3) is 0 Å². The molecule has 3 aliphatic rings. The molecule has 0 heterocycles. The van der Waals surface area contributed by atoms with Gasteiger partial charge in [0, 0.05) is 12.0 Å². The Morgan fingerprint density at radius 3 is 2.67 bits per heavy atom. The second-order valence-electron chi connectivity index (χ2n) is 6.97. The van der Waals surface area contributed by atoms with Gasteiger partial charge in [0.2, 0.25) is 5.91 Å². The van der Waals surface area contributed by atoms with E-state index in [4.69, 9.17) is 0 Å². The lowest BCUT2D eigenvalue weighted by atomic mass is 9.92. The Morgan fingerprint density at radius 1 is 1.10 bits per heavy atom. The Morgan fingerprint density at radius 2 is 1.86 bits per heavy atom. The molecule has 1 aromatic carbocycles. The molecule has 0 bridgehead atoms. The molecule has 0 saturated heterocycles. The first-order valence-corrected chi connectivity index (χ1v) is 8.30. The average molecular weight is 285 g/mol. The minimum atomic E-state index is -0.159. The molecule has 2 saturated carbocycles. The van der Waals surface area contributed by atoms with Gasteiger partial charge in [-0.25, -0.2) is 0 Å². The second-order valence-corrected chi connectivity index (χ2v) is 6.97. The van der Waals surface area contributed by atoms with Gasteiger partial charge in [-0.15, -0.1) is 0 Å². The van der Waals surface area contributed by atoms with Crippen LogP contribution >= 0.6 is 0 Å². The van der Waals surface area contributed by atoms with E-state index in [1.165, 1.54) is 11.1 Å². The number of aliphatic hydroxyl groups excluding tert-OH is 1. The summed E-state index contributed by atoms with van der Waals surface area (Å²) < 4.78 is 0. The van der Waals surface area contributed by atoms with E-state index in [2.05, 4.69) is 29.6 Å². The maximum atomic E-state index is 12.6. The van der Waals surface area contributed by atoms with E-state index in [9.17, 15) is 9.90 Å². The van der Waals surface area contributed by atoms with Crippen LogP contribution in [-0.2, 0) is 11.2 Å². The molecule has 3 heteroatoms. The number of aliphatic hydroxyl groups is 1. The molecule has 0 aromatic heterocycles. The summed E-state index contributed by atoms with van der Waals surface area (Å²) in [6.45, 7) is 0. The Kier molecular flexibility index (Phi) is 3.26. The first-order valence-electron chi connectivity index (χ1n) is 8.30. The number of carbonyl (C=O) groups excluding carboxylic acids is 1. The van der Waals surface area contributed by atoms with Crippen molar-refractivity contribution in [3.8, 4) is 0 Å². The molecule has 0 spiro atoms. The standard InChI is InChI=1S/C18H23NO2/c20-13-8-6-12(7-9-13)19-18(21)17-15-10-5-11-3-1-2-4-14(11)16(15)17/h1-4,12-13,15-17,20H,5-10H2,(H,19,21). The highest BCUT2D eigenvalue weighted by Gasteiger charge is 2.57. The van der Waals surface area contributed by atoms with Crippen LogP contribution in [0.2, 0.25) is 0 Å². The molecule has 4 rings (SSSR count). The van der Waals surface area contributed by atoms with Crippen LogP contribution in [0.25, 0.3) is 0 Å². The van der Waals surface area contributed by atoms with Gasteiger partial charge in [-0.05, 0) is 61.5 Å². The topological polar surface area (TPSA) is 49.3 Å². The summed E-state index contributed by atoms with van der Waals surface area (Å²) in [6.07, 6.45) is 5.61. The molecule has 2 fully saturated rings. The fourth-order valence-corrected chi connectivity index (χ4v) is 4.44. The molecule has 3 nitrogen and oxygen atoms in total. The Labute approximate surface area is 125 Å². The molecule has 2 N–H and O–H groups in total. The van der Waals surface area contributed by atoms with E-state index < -0.39 is 0 Å². The number of carbonyl (C=O) groups is 1. The van der Waals surface area contributed by atoms with Gasteiger partial charge < -0.3 is 10.4 Å². The van der Waals surface area contributed by atoms with E-state index in [1.807, 2.05) is 0 Å². The fraction of sp³-hybridized carbons (Fsp3) is 0.611. The zero-order valence-electron chi connectivity index (χ0n) is 12.3. The lowest BCUT2D eigenvalue weighted by Crippen LogP contribution is -2.39. The third-order valence-corrected chi connectivity index (χ3v) is 5.68. The highest BCUT2D eigenvalue weighted by atomic mass is 16.3. The summed E-state index contributed by atoms with van der Waals surface area (Å²) in [7, 11) is 0. The number of benzene rings is 1. The number of hydrogen-bond acceptors (Lipinski definition) is 2. The number of amides is 1. The van der Waals surface area contributed by atoms with Gasteiger partial charge in [-0.2, -0.15) is 0 Å². The smallest absolute Gasteiger partial charge is 0.224 e. The van der Waals surface area contributed by atoms with Crippen molar-refractivity contribution in [2.45, 2.75) is 56.6 Å². The van der Waals surface area contributed by atoms with Gasteiger partial charge in [0.15, 0.2) is 0 Å². The average Bonchev–Trinajstić information content (AvgIpc) is 3.25. The van der Waals surface area contributed by atoms with Crippen molar-refractivity contribution in [2.24, 2.45) is 11.8 Å². The van der Waals surface area contributed by atoms with Crippen LogP contribution in [0.1, 0.15) is 49.1 Å². The van der Waals surface area contributed by atoms with Crippen molar-refractivity contribution < 1.29 is 9.90 Å². The van der Waals surface area contributed by atoms with Crippen molar-refractivity contribution in [1.82, 2.24) is 5.32 Å². The number of hydrogen-bond donors (Lipinski definition) is 2. The van der Waals surface area contributed by atoms with Crippen molar-refractivity contribution in [3.63, 3.8) is 0 Å². The summed E-state index contributed by atoms with van der Waals surface area (Å²) in [5, 5.41) is 12.8. The maximum absolute atomic E-state index is 12.6. The summed E-state index contributed by atoms with van der Waals surface area (Å²) >= 11 is 0. The third-order valence-electron chi connectivity index (χ3n) is 5.68. The second kappa shape index (κ2) is 5.13. The lowest BCUT2D eigenvalue weighted by Gasteiger charge is -2.26. The van der Waals surface area contributed by atoms with Crippen LogP contribution < -0.4 is 5.32 Å². The van der Waals surface area contributed by atoms with E-state index in [0.29, 0.717) is 11.8 Å². The highest BCUT2D eigenvalue weighted by Crippen LogP contribution is 2.59. The minimum absolute atomic E-state index is 0.159. The molecule has 0 radical (unpaired) electrons. The van der Waals surface area contributed by atoms with Crippen LogP contribution in [0.5, 0.6) is 0 Å². The summed E-state index contributed by atoms with van der Waals surface area (Å²) in [6, 6.07) is 8.89. The zero-order chi connectivity index (χ0) is 14.4. The zero-order valence-corrected chi connectivity index (χ0v) is 12.3. The van der Waals surface area contributed by atoms with Crippen LogP contribution in [0.3, 0.4) is 0 Å². The van der Waals surface area contributed by atoms with E-state index >= 15 is 0 Å². The van der Waals surface area contributed by atoms with Crippen molar-refractivity contribution in [2.75, 3.05) is 0 Å². The predicted octanol–water partition coefficient (Wildman–Crippen LogP) is 2.38. The van der Waals surface area contributed by atoms with Gasteiger partial charge in [0.1, 0.15) is 0 Å². The van der Waals surface area contributed by atoms with Gasteiger partial charge in [0.05, 0.1) is 6.10 Å². The van der Waals surface area contributed by atoms with Gasteiger partial charge >= 0.3 is 0 Å². The van der Waals surface area contributed by atoms with Crippen LogP contribution in [-0.4, -0.2) is 23.2 Å². The van der Waals surface area contributed by atoms with Gasteiger partial charge in [-0.1, -0.05) is 24.3 Å². The molecule has 3 aliphatic carbocycles. The van der Waals surface area contributed by atoms with Crippen LogP contribution in [0.15, 0.2) is 24.3 Å². The molecule has 3 atom stereocenters. The summed E-state index contributed by atoms with van der Waals surface area (Å²) in [5.41, 5.74) is 2.85. The molecule has 21 heavy (non-hydrogen) atoms. The number of aryl methyl sites for hydroxylation is 1. The first-order chi connectivity index (χ1) is 10.2. The molecule has 1 aromatic rings. The summed E-state index contributed by atoms with van der Waals surface area (Å²) in [5.74, 6) is 1.47. The van der Waals surface area contributed by atoms with Crippen molar-refractivity contribution >= 4 is 5.91 Å².